The molecule has 0 fully saturated rings. The number of aliphatic carboxylic acids is 1. The van der Waals surface area contributed by atoms with Crippen molar-refractivity contribution in [2.24, 2.45) is 17.2 Å². The molecule has 12 N–H and O–H groups in total. The number of hydrogen-bond donors (Lipinski definition) is 9. The summed E-state index contributed by atoms with van der Waals surface area (Å²) in [5.41, 5.74) is 20.0. The van der Waals surface area contributed by atoms with Gasteiger partial charge in [-0.1, -0.05) is 42.8 Å². The largest absolute Gasteiger partial charge is 0.480 e. The van der Waals surface area contributed by atoms with Crippen molar-refractivity contribution in [3.63, 3.8) is 0 Å². The van der Waals surface area contributed by atoms with Crippen LogP contribution in [-0.4, -0.2) is 75.4 Å². The number of hydrogen-bond acceptors (Lipinski definition) is 7. The van der Waals surface area contributed by atoms with Gasteiger partial charge in [-0.15, -0.1) is 0 Å². The van der Waals surface area contributed by atoms with E-state index in [2.05, 4.69) is 25.9 Å². The number of H-pyrrole nitrogens is 2. The average Bonchev–Trinajstić information content (AvgIpc) is 3.66. The molecule has 47 heavy (non-hydrogen) atoms. The van der Waals surface area contributed by atoms with Gasteiger partial charge in [0.05, 0.1) is 6.04 Å². The number of carbonyl (C=O) groups excluding carboxylic acids is 4. The SMILES string of the molecule is NCCCCC(N)C(=O)NC(Cc1c[nH]c2ccccc12)C(=O)NC(Cc1c[nH]c2ccccc12)C(=O)NC(CCC(N)=O)C(=O)O. The number of nitrogens with two attached hydrogens (primary N) is 3. The second kappa shape index (κ2) is 16.4. The molecule has 0 aliphatic heterocycles. The molecular weight excluding hydrogens is 604 g/mol. The van der Waals surface area contributed by atoms with Crippen molar-refractivity contribution in [1.29, 1.82) is 0 Å². The Morgan fingerprint density at radius 2 is 1.19 bits per heavy atom. The van der Waals surface area contributed by atoms with Crippen LogP contribution < -0.4 is 33.2 Å². The zero-order valence-electron chi connectivity index (χ0n) is 26.0. The van der Waals surface area contributed by atoms with Gasteiger partial charge in [0, 0.05) is 53.5 Å². The Balaban J connectivity index is 1.62. The minimum Gasteiger partial charge on any atom is -0.480 e. The predicted molar refractivity (Wildman–Crippen MR) is 177 cm³/mol. The van der Waals surface area contributed by atoms with Gasteiger partial charge >= 0.3 is 5.97 Å². The number of aromatic amines is 2. The smallest absolute Gasteiger partial charge is 0.326 e. The van der Waals surface area contributed by atoms with Crippen molar-refractivity contribution >= 4 is 51.4 Å². The second-order valence-corrected chi connectivity index (χ2v) is 11.5. The van der Waals surface area contributed by atoms with E-state index in [0.29, 0.717) is 31.4 Å². The Labute approximate surface area is 271 Å². The Kier molecular flexibility index (Phi) is 12.1. The lowest BCUT2D eigenvalue weighted by molar-refractivity contribution is -0.142. The highest BCUT2D eigenvalue weighted by atomic mass is 16.4. The van der Waals surface area contributed by atoms with Crippen molar-refractivity contribution in [1.82, 2.24) is 25.9 Å². The molecule has 0 bridgehead atoms. The molecule has 0 aliphatic carbocycles. The van der Waals surface area contributed by atoms with E-state index in [9.17, 15) is 29.1 Å². The van der Waals surface area contributed by atoms with Crippen LogP contribution in [-0.2, 0) is 36.8 Å². The first-order valence-corrected chi connectivity index (χ1v) is 15.5. The normalized spacial score (nSPS) is 13.8. The number of benzene rings is 2. The fourth-order valence-corrected chi connectivity index (χ4v) is 5.47. The van der Waals surface area contributed by atoms with Gasteiger partial charge in [-0.3, -0.25) is 19.2 Å². The minimum atomic E-state index is -1.43. The molecular formula is C33H42N8O6. The fourth-order valence-electron chi connectivity index (χ4n) is 5.47. The maximum Gasteiger partial charge on any atom is 0.326 e. The summed E-state index contributed by atoms with van der Waals surface area (Å²) in [5.74, 6) is -4.05. The lowest BCUT2D eigenvalue weighted by atomic mass is 10.0. The van der Waals surface area contributed by atoms with Crippen LogP contribution in [0.1, 0.15) is 43.2 Å². The van der Waals surface area contributed by atoms with Crippen LogP contribution in [0.5, 0.6) is 0 Å². The molecule has 0 saturated heterocycles. The zero-order chi connectivity index (χ0) is 33.9. The number of amides is 4. The van der Waals surface area contributed by atoms with Gasteiger partial charge in [-0.2, -0.15) is 0 Å². The summed E-state index contributed by atoms with van der Waals surface area (Å²) < 4.78 is 0. The van der Waals surface area contributed by atoms with E-state index in [1.807, 2.05) is 48.5 Å². The topological polar surface area (TPSA) is 251 Å². The minimum absolute atomic E-state index is 0.00387. The molecule has 250 valence electrons. The van der Waals surface area contributed by atoms with E-state index < -0.39 is 53.8 Å². The third-order valence-corrected chi connectivity index (χ3v) is 8.06. The highest BCUT2D eigenvalue weighted by molar-refractivity contribution is 5.95. The van der Waals surface area contributed by atoms with Crippen LogP contribution in [0.15, 0.2) is 60.9 Å². The molecule has 0 radical (unpaired) electrons. The lowest BCUT2D eigenvalue weighted by Gasteiger charge is -2.25. The summed E-state index contributed by atoms with van der Waals surface area (Å²) >= 11 is 0. The molecule has 2 aromatic heterocycles. The molecule has 0 saturated carbocycles. The number of carboxylic acid groups (broad SMARTS) is 1. The van der Waals surface area contributed by atoms with Gasteiger partial charge in [0.25, 0.3) is 0 Å². The van der Waals surface area contributed by atoms with Gasteiger partial charge in [0.2, 0.25) is 23.6 Å². The Bertz CT molecular complexity index is 1720. The highest BCUT2D eigenvalue weighted by Crippen LogP contribution is 2.21. The van der Waals surface area contributed by atoms with Gasteiger partial charge < -0.3 is 48.2 Å². The van der Waals surface area contributed by atoms with Crippen molar-refractivity contribution in [3.8, 4) is 0 Å². The van der Waals surface area contributed by atoms with Crippen molar-refractivity contribution < 1.29 is 29.1 Å². The lowest BCUT2D eigenvalue weighted by Crippen LogP contribution is -2.58. The average molecular weight is 647 g/mol. The van der Waals surface area contributed by atoms with Gasteiger partial charge in [0.1, 0.15) is 18.1 Å². The quantitative estimate of drug-likeness (QED) is 0.0694. The van der Waals surface area contributed by atoms with Gasteiger partial charge in [-0.25, -0.2) is 4.79 Å². The molecule has 0 spiro atoms. The van der Waals surface area contributed by atoms with Crippen LogP contribution in [0.3, 0.4) is 0 Å². The molecule has 4 amide bonds. The molecule has 14 nitrogen and oxygen atoms in total. The third kappa shape index (κ3) is 9.40. The summed E-state index contributed by atoms with van der Waals surface area (Å²) in [6, 6.07) is 10.2. The number of nitrogens with one attached hydrogen (secondary N) is 5. The van der Waals surface area contributed by atoms with E-state index >= 15 is 0 Å². The summed E-state index contributed by atoms with van der Waals surface area (Å²) in [5, 5.41) is 19.4. The maximum absolute atomic E-state index is 14.0. The van der Waals surface area contributed by atoms with E-state index in [4.69, 9.17) is 17.2 Å². The zero-order valence-corrected chi connectivity index (χ0v) is 26.0. The van der Waals surface area contributed by atoms with E-state index in [1.165, 1.54) is 0 Å². The first-order chi connectivity index (χ1) is 22.6. The number of aromatic nitrogens is 2. The molecule has 2 aromatic carbocycles. The number of carbonyl (C=O) groups is 5. The number of fused-ring (bicyclic) bond motifs is 2. The first kappa shape index (κ1) is 34.7. The molecule has 4 rings (SSSR count). The van der Waals surface area contributed by atoms with Crippen LogP contribution in [0, 0.1) is 0 Å². The standard InChI is InChI=1S/C33H42N8O6/c34-14-6-5-9-23(35)30(43)40-27(15-19-17-37-24-10-3-1-7-21(19)24)32(45)41-28(16-20-18-38-25-11-4-2-8-22(20)25)31(44)39-26(33(46)47)12-13-29(36)42/h1-4,7-8,10-11,17-18,23,26-28,37-38H,5-6,9,12-16,34-35H2,(H2,36,42)(H,39,44)(H,40,43)(H,41,45)(H,46,47). The first-order valence-electron chi connectivity index (χ1n) is 15.5. The number of primary amides is 1. The Morgan fingerprint density at radius 1 is 0.702 bits per heavy atom. The molecule has 0 aliphatic rings. The van der Waals surface area contributed by atoms with Crippen LogP contribution in [0.4, 0.5) is 0 Å². The highest BCUT2D eigenvalue weighted by Gasteiger charge is 2.31. The predicted octanol–water partition coefficient (Wildman–Crippen LogP) is 0.695. The Hall–Kier alpha value is -5.21. The van der Waals surface area contributed by atoms with Crippen molar-refractivity contribution in [2.45, 2.75) is 69.1 Å². The summed E-state index contributed by atoms with van der Waals surface area (Å²) in [7, 11) is 0. The number of para-hydroxylation sites is 2. The van der Waals surface area contributed by atoms with Gasteiger partial charge in [0.15, 0.2) is 0 Å². The number of carboxylic acids is 1. The third-order valence-electron chi connectivity index (χ3n) is 8.06. The summed E-state index contributed by atoms with van der Waals surface area (Å²) in [4.78, 5) is 70.4. The summed E-state index contributed by atoms with van der Waals surface area (Å²) in [6.45, 7) is 0.463. The monoisotopic (exact) mass is 646 g/mol. The second-order valence-electron chi connectivity index (χ2n) is 11.5. The Morgan fingerprint density at radius 3 is 1.68 bits per heavy atom. The molecule has 2 heterocycles. The number of unbranched alkanes of at least 4 members (excludes halogenated alkanes) is 1. The summed E-state index contributed by atoms with van der Waals surface area (Å²) in [6.07, 6.45) is 4.75. The van der Waals surface area contributed by atoms with Crippen LogP contribution in [0.25, 0.3) is 21.8 Å². The molecule has 4 unspecified atom stereocenters. The van der Waals surface area contributed by atoms with Gasteiger partial charge in [-0.05, 0) is 49.1 Å². The van der Waals surface area contributed by atoms with Crippen LogP contribution >= 0.6 is 0 Å². The van der Waals surface area contributed by atoms with E-state index in [-0.39, 0.29) is 25.7 Å². The molecule has 4 aromatic rings. The van der Waals surface area contributed by atoms with Crippen molar-refractivity contribution in [2.75, 3.05) is 6.54 Å². The number of rotatable bonds is 18. The van der Waals surface area contributed by atoms with E-state index in [0.717, 1.165) is 27.4 Å². The van der Waals surface area contributed by atoms with Crippen LogP contribution in [0.2, 0.25) is 0 Å². The van der Waals surface area contributed by atoms with Crippen molar-refractivity contribution in [3.05, 3.63) is 72.1 Å². The molecule has 14 heteroatoms. The van der Waals surface area contributed by atoms with E-state index in [1.54, 1.807) is 12.4 Å². The fraction of sp³-hybridized carbons (Fsp3) is 0.364. The molecule has 4 atom stereocenters. The maximum atomic E-state index is 14.0.